The van der Waals surface area contributed by atoms with E-state index in [0.717, 1.165) is 44.1 Å². The zero-order valence-electron chi connectivity index (χ0n) is 18.3. The Morgan fingerprint density at radius 3 is 2.67 bits per heavy atom. The normalized spacial score (nSPS) is 19.7. The Labute approximate surface area is 194 Å². The lowest BCUT2D eigenvalue weighted by Crippen LogP contribution is -2.44. The Morgan fingerprint density at radius 1 is 1.09 bits per heavy atom. The molecule has 1 aliphatic heterocycles. The largest absolute Gasteiger partial charge is 0.439 e. The minimum atomic E-state index is -0.394. The molecule has 6 heteroatoms. The summed E-state index contributed by atoms with van der Waals surface area (Å²) >= 11 is 0. The number of halogens is 1. The number of likely N-dealkylation sites (tertiary alicyclic amines) is 1. The minimum absolute atomic E-state index is 0. The van der Waals surface area contributed by atoms with E-state index < -0.39 is 5.82 Å². The average Bonchev–Trinajstić information content (AvgIpc) is 3.61. The first-order valence-corrected chi connectivity index (χ1v) is 11.3. The summed E-state index contributed by atoms with van der Waals surface area (Å²) in [6.45, 7) is 1.44. The fourth-order valence-corrected chi connectivity index (χ4v) is 4.26. The molecule has 2 amide bonds. The zero-order valence-corrected chi connectivity index (χ0v) is 18.3. The summed E-state index contributed by atoms with van der Waals surface area (Å²) in [6, 6.07) is 21.2. The van der Waals surface area contributed by atoms with Crippen molar-refractivity contribution in [1.29, 1.82) is 0 Å². The minimum Gasteiger partial charge on any atom is -0.439 e. The molecule has 2 atom stereocenters. The molecule has 2 heterocycles. The number of aromatic nitrogens is 1. The van der Waals surface area contributed by atoms with E-state index in [-0.39, 0.29) is 13.5 Å². The first-order chi connectivity index (χ1) is 16.1. The number of piperidine rings is 1. The fraction of sp³-hybridized carbons (Fsp3) is 0.259. The van der Waals surface area contributed by atoms with E-state index in [1.54, 1.807) is 0 Å². The Morgan fingerprint density at radius 2 is 1.91 bits per heavy atom. The number of rotatable bonds is 5. The van der Waals surface area contributed by atoms with E-state index in [1.165, 1.54) is 23.3 Å². The Hall–Kier alpha value is -3.67. The Bertz CT molecular complexity index is 1140. The number of nitrogens with one attached hydrogen (secondary N) is 1. The number of ether oxygens (including phenoxy) is 1. The van der Waals surface area contributed by atoms with Crippen LogP contribution in [0.5, 0.6) is 11.6 Å². The van der Waals surface area contributed by atoms with Crippen molar-refractivity contribution in [2.75, 3.05) is 13.1 Å². The molecular weight excluding hydrogens is 417 g/mol. The molecule has 5 rings (SSSR count). The third-order valence-electron chi connectivity index (χ3n) is 6.17. The van der Waals surface area contributed by atoms with Gasteiger partial charge in [-0.05, 0) is 48.6 Å². The highest BCUT2D eigenvalue weighted by atomic mass is 19.1. The predicted molar refractivity (Wildman–Crippen MR) is 128 cm³/mol. The van der Waals surface area contributed by atoms with Crippen LogP contribution in [0.15, 0.2) is 78.5 Å². The maximum absolute atomic E-state index is 13.0. The topological polar surface area (TPSA) is 54.5 Å². The van der Waals surface area contributed by atoms with Crippen LogP contribution in [-0.2, 0) is 0 Å². The molecule has 1 N–H and O–H groups in total. The standard InChI is InChI=1S/C27H26FN3O2.H2/c28-22-9-10-26(29-18-22)33-23-8-4-5-20(16-23)15-19-11-13-31(14-12-19)27(32)30-25-17-24(25)21-6-2-1-3-7-21;/h1-10,15-16,18,24-25H,11-14,17H2,(H,30,32);1H/t24?,25-;/m1./s1. The van der Waals surface area contributed by atoms with E-state index >= 15 is 0 Å². The molecule has 1 aromatic heterocycles. The smallest absolute Gasteiger partial charge is 0.317 e. The van der Waals surface area contributed by atoms with Gasteiger partial charge in [-0.15, -0.1) is 0 Å². The van der Waals surface area contributed by atoms with E-state index in [1.807, 2.05) is 47.4 Å². The lowest BCUT2D eigenvalue weighted by Gasteiger charge is -2.28. The summed E-state index contributed by atoms with van der Waals surface area (Å²) in [5, 5.41) is 3.19. The molecule has 0 radical (unpaired) electrons. The van der Waals surface area contributed by atoms with E-state index in [4.69, 9.17) is 4.74 Å². The van der Waals surface area contributed by atoms with Crippen molar-refractivity contribution >= 4 is 12.1 Å². The fourth-order valence-electron chi connectivity index (χ4n) is 4.26. The second-order valence-corrected chi connectivity index (χ2v) is 8.59. The van der Waals surface area contributed by atoms with Crippen molar-refractivity contribution in [3.8, 4) is 11.6 Å². The summed E-state index contributed by atoms with van der Waals surface area (Å²) in [4.78, 5) is 18.5. The first kappa shape index (κ1) is 21.2. The molecule has 5 nitrogen and oxygen atoms in total. The van der Waals surface area contributed by atoms with Crippen LogP contribution in [0.25, 0.3) is 6.08 Å². The number of carbonyl (C=O) groups excluding carboxylic acids is 1. The van der Waals surface area contributed by atoms with Gasteiger partial charge in [-0.3, -0.25) is 0 Å². The summed E-state index contributed by atoms with van der Waals surface area (Å²) in [5.74, 6) is 1.05. The number of urea groups is 1. The quantitative estimate of drug-likeness (QED) is 0.524. The van der Waals surface area contributed by atoms with Crippen LogP contribution in [0, 0.1) is 5.82 Å². The van der Waals surface area contributed by atoms with Gasteiger partial charge >= 0.3 is 6.03 Å². The van der Waals surface area contributed by atoms with Crippen LogP contribution >= 0.6 is 0 Å². The highest BCUT2D eigenvalue weighted by Gasteiger charge is 2.40. The molecule has 1 saturated heterocycles. The molecule has 0 bridgehead atoms. The average molecular weight is 446 g/mol. The van der Waals surface area contributed by atoms with Gasteiger partial charge in [0, 0.05) is 32.5 Å². The van der Waals surface area contributed by atoms with Gasteiger partial charge in [0.15, 0.2) is 0 Å². The lowest BCUT2D eigenvalue weighted by atomic mass is 10.0. The van der Waals surface area contributed by atoms with Crippen LogP contribution in [0.1, 0.15) is 37.7 Å². The Balaban J connectivity index is 0.00000274. The van der Waals surface area contributed by atoms with E-state index in [9.17, 15) is 9.18 Å². The van der Waals surface area contributed by atoms with Crippen molar-refractivity contribution < 1.29 is 15.3 Å². The van der Waals surface area contributed by atoms with Crippen molar-refractivity contribution in [1.82, 2.24) is 15.2 Å². The van der Waals surface area contributed by atoms with Gasteiger partial charge in [0.1, 0.15) is 11.6 Å². The van der Waals surface area contributed by atoms with Crippen LogP contribution < -0.4 is 10.1 Å². The highest BCUT2D eigenvalue weighted by molar-refractivity contribution is 5.75. The van der Waals surface area contributed by atoms with Crippen molar-refractivity contribution in [3.05, 3.63) is 95.4 Å². The molecule has 170 valence electrons. The number of pyridine rings is 1. The summed E-state index contributed by atoms with van der Waals surface area (Å²) in [7, 11) is 0. The van der Waals surface area contributed by atoms with Gasteiger partial charge in [-0.25, -0.2) is 14.2 Å². The van der Waals surface area contributed by atoms with Crippen molar-refractivity contribution in [3.63, 3.8) is 0 Å². The maximum Gasteiger partial charge on any atom is 0.317 e. The molecule has 3 aromatic rings. The monoisotopic (exact) mass is 445 g/mol. The van der Waals surface area contributed by atoms with Gasteiger partial charge in [0.25, 0.3) is 0 Å². The van der Waals surface area contributed by atoms with Gasteiger partial charge in [0.05, 0.1) is 6.20 Å². The van der Waals surface area contributed by atoms with Gasteiger partial charge in [0.2, 0.25) is 5.88 Å². The third kappa shape index (κ3) is 5.40. The van der Waals surface area contributed by atoms with Crippen molar-refractivity contribution in [2.45, 2.75) is 31.2 Å². The number of carbonyl (C=O) groups is 1. The van der Waals surface area contributed by atoms with Crippen LogP contribution in [0.3, 0.4) is 0 Å². The SMILES string of the molecule is O=C(N[C@@H]1CC1c1ccccc1)N1CCC(=Cc2cccc(Oc3ccc(F)cn3)c2)CC1.[HH]. The maximum atomic E-state index is 13.0. The number of hydrogen-bond acceptors (Lipinski definition) is 3. The molecular formula is C27H28FN3O2. The number of benzene rings is 2. The first-order valence-electron chi connectivity index (χ1n) is 11.3. The zero-order chi connectivity index (χ0) is 22.6. The van der Waals surface area contributed by atoms with E-state index in [2.05, 4.69) is 28.5 Å². The molecule has 1 unspecified atom stereocenters. The van der Waals surface area contributed by atoms with Crippen LogP contribution in [-0.4, -0.2) is 35.0 Å². The summed E-state index contributed by atoms with van der Waals surface area (Å²) in [5.41, 5.74) is 3.64. The van der Waals surface area contributed by atoms with E-state index in [0.29, 0.717) is 17.5 Å². The second-order valence-electron chi connectivity index (χ2n) is 8.59. The molecule has 0 spiro atoms. The molecule has 1 aliphatic carbocycles. The predicted octanol–water partition coefficient (Wildman–Crippen LogP) is 6.00. The summed E-state index contributed by atoms with van der Waals surface area (Å²) in [6.07, 6.45) is 6.01. The lowest BCUT2D eigenvalue weighted by molar-refractivity contribution is 0.193. The van der Waals surface area contributed by atoms with Crippen LogP contribution in [0.4, 0.5) is 9.18 Å². The number of hydrogen-bond donors (Lipinski definition) is 1. The molecule has 2 aliphatic rings. The Kier molecular flexibility index (Phi) is 6.07. The summed E-state index contributed by atoms with van der Waals surface area (Å²) < 4.78 is 18.8. The molecule has 1 saturated carbocycles. The highest BCUT2D eigenvalue weighted by Crippen LogP contribution is 2.40. The number of nitrogens with zero attached hydrogens (tertiary/aromatic N) is 2. The molecule has 2 fully saturated rings. The van der Waals surface area contributed by atoms with Crippen LogP contribution in [0.2, 0.25) is 0 Å². The molecule has 2 aromatic carbocycles. The third-order valence-corrected chi connectivity index (χ3v) is 6.17. The van der Waals surface area contributed by atoms with Crippen molar-refractivity contribution in [2.24, 2.45) is 0 Å². The van der Waals surface area contributed by atoms with Gasteiger partial charge in [-0.1, -0.05) is 54.1 Å². The molecule has 33 heavy (non-hydrogen) atoms. The second kappa shape index (κ2) is 9.45. The van der Waals surface area contributed by atoms with Gasteiger partial charge in [-0.2, -0.15) is 0 Å². The van der Waals surface area contributed by atoms with Gasteiger partial charge < -0.3 is 15.0 Å². The number of amides is 2.